The van der Waals surface area contributed by atoms with Crippen LogP contribution in [0.3, 0.4) is 0 Å². The van der Waals surface area contributed by atoms with Crippen molar-refractivity contribution < 1.29 is 14.3 Å². The average molecular weight is 457 g/mol. The van der Waals surface area contributed by atoms with Gasteiger partial charge in [0.25, 0.3) is 0 Å². The molecule has 1 unspecified atom stereocenters. The first kappa shape index (κ1) is 25.9. The quantitative estimate of drug-likeness (QED) is 0.248. The number of carbonyl (C=O) groups is 2. The number of ether oxygens (including phenoxy) is 1. The van der Waals surface area contributed by atoms with Crippen molar-refractivity contribution in [3.05, 3.63) is 53.2 Å². The number of nitrogens with zero attached hydrogens (tertiary/aromatic N) is 1. The highest BCUT2D eigenvalue weighted by atomic mass is 32.2. The molecule has 2 rings (SSSR count). The number of anilines is 1. The molecule has 2 aromatic rings. The van der Waals surface area contributed by atoms with Crippen LogP contribution in [0.25, 0.3) is 0 Å². The van der Waals surface area contributed by atoms with Gasteiger partial charge < -0.3 is 10.1 Å². The fraction of sp³-hybridized carbons (Fsp3) is 0.500. The van der Waals surface area contributed by atoms with Crippen LogP contribution in [0, 0.1) is 0 Å². The van der Waals surface area contributed by atoms with E-state index in [1.54, 1.807) is 30.1 Å². The molecule has 0 aliphatic carbocycles. The Kier molecular flexibility index (Phi) is 9.76. The summed E-state index contributed by atoms with van der Waals surface area (Å²) in [5.74, 6) is -0.382. The van der Waals surface area contributed by atoms with Crippen LogP contribution in [0.2, 0.25) is 0 Å². The molecule has 1 N–H and O–H groups in total. The standard InChI is InChI=1S/C26H36N2O3S/c1-7-8-9-11-18(20-12-10-15-27-24(20)32-6)17-23(29)28-22-16-19(25(30)31-5)13-14-21(22)26(2,3)4/h10,12-16,18H,7-9,11,17H2,1-6H3,(H,28,29). The molecular formula is C26H36N2O3S. The van der Waals surface area contributed by atoms with E-state index in [1.165, 1.54) is 7.11 Å². The Morgan fingerprint density at radius 1 is 1.19 bits per heavy atom. The van der Waals surface area contributed by atoms with E-state index in [2.05, 4.69) is 44.1 Å². The van der Waals surface area contributed by atoms with Crippen molar-refractivity contribution in [2.45, 2.75) is 76.2 Å². The van der Waals surface area contributed by atoms with Gasteiger partial charge in [-0.25, -0.2) is 9.78 Å². The van der Waals surface area contributed by atoms with E-state index in [9.17, 15) is 9.59 Å². The van der Waals surface area contributed by atoms with Crippen LogP contribution >= 0.6 is 11.8 Å². The highest BCUT2D eigenvalue weighted by Crippen LogP contribution is 2.34. The van der Waals surface area contributed by atoms with Crippen LogP contribution in [0.4, 0.5) is 5.69 Å². The average Bonchev–Trinajstić information content (AvgIpc) is 2.77. The topological polar surface area (TPSA) is 68.3 Å². The number of unbranched alkanes of at least 4 members (excludes halogenated alkanes) is 2. The third-order valence-corrected chi connectivity index (χ3v) is 6.27. The molecule has 0 saturated heterocycles. The number of thioether (sulfide) groups is 1. The van der Waals surface area contributed by atoms with E-state index in [4.69, 9.17) is 4.74 Å². The summed E-state index contributed by atoms with van der Waals surface area (Å²) in [6, 6.07) is 9.38. The molecule has 1 aromatic heterocycles. The Balaban J connectivity index is 2.31. The number of esters is 1. The number of nitrogens with one attached hydrogen (secondary N) is 1. The summed E-state index contributed by atoms with van der Waals surface area (Å²) in [6.07, 6.45) is 8.47. The van der Waals surface area contributed by atoms with E-state index in [-0.39, 0.29) is 17.2 Å². The number of hydrogen-bond acceptors (Lipinski definition) is 5. The van der Waals surface area contributed by atoms with E-state index in [1.807, 2.05) is 18.4 Å². The molecule has 6 heteroatoms. The first-order valence-electron chi connectivity index (χ1n) is 11.2. The van der Waals surface area contributed by atoms with Gasteiger partial charge >= 0.3 is 5.97 Å². The Morgan fingerprint density at radius 2 is 1.94 bits per heavy atom. The lowest BCUT2D eigenvalue weighted by Crippen LogP contribution is -2.21. The molecule has 0 aliphatic heterocycles. The minimum Gasteiger partial charge on any atom is -0.465 e. The number of pyridine rings is 1. The SMILES string of the molecule is CCCCCC(CC(=O)Nc1cc(C(=O)OC)ccc1C(C)(C)C)c1cccnc1SC. The fourth-order valence-corrected chi connectivity index (χ4v) is 4.50. The third kappa shape index (κ3) is 7.09. The van der Waals surface area contributed by atoms with Crippen molar-refractivity contribution in [3.8, 4) is 0 Å². The van der Waals surface area contributed by atoms with E-state index < -0.39 is 5.97 Å². The maximum atomic E-state index is 13.2. The minimum absolute atomic E-state index is 0.0603. The lowest BCUT2D eigenvalue weighted by molar-refractivity contribution is -0.116. The van der Waals surface area contributed by atoms with Crippen LogP contribution in [-0.4, -0.2) is 30.2 Å². The first-order valence-corrected chi connectivity index (χ1v) is 12.4. The second-order valence-electron chi connectivity index (χ2n) is 9.05. The van der Waals surface area contributed by atoms with Crippen LogP contribution in [-0.2, 0) is 14.9 Å². The summed E-state index contributed by atoms with van der Waals surface area (Å²) in [7, 11) is 1.36. The van der Waals surface area contributed by atoms with Crippen molar-refractivity contribution in [1.29, 1.82) is 0 Å². The molecule has 0 spiro atoms. The second-order valence-corrected chi connectivity index (χ2v) is 9.84. The van der Waals surface area contributed by atoms with Gasteiger partial charge in [0.15, 0.2) is 0 Å². The van der Waals surface area contributed by atoms with Crippen molar-refractivity contribution in [2.24, 2.45) is 0 Å². The first-order chi connectivity index (χ1) is 15.2. The molecule has 1 amide bonds. The molecule has 0 saturated carbocycles. The van der Waals surface area contributed by atoms with Gasteiger partial charge in [-0.1, -0.05) is 59.1 Å². The Bertz CT molecular complexity index is 922. The van der Waals surface area contributed by atoms with Gasteiger partial charge in [-0.15, -0.1) is 11.8 Å². The summed E-state index contributed by atoms with van der Waals surface area (Å²) in [5, 5.41) is 4.07. The highest BCUT2D eigenvalue weighted by Gasteiger charge is 2.23. The maximum Gasteiger partial charge on any atom is 0.337 e. The van der Waals surface area contributed by atoms with Crippen molar-refractivity contribution in [3.63, 3.8) is 0 Å². The summed E-state index contributed by atoms with van der Waals surface area (Å²) in [4.78, 5) is 29.8. The summed E-state index contributed by atoms with van der Waals surface area (Å²) in [6.45, 7) is 8.44. The number of aromatic nitrogens is 1. The van der Waals surface area contributed by atoms with Gasteiger partial charge in [0.2, 0.25) is 5.91 Å². The Morgan fingerprint density at radius 3 is 2.56 bits per heavy atom. The number of amides is 1. The van der Waals surface area contributed by atoms with Crippen LogP contribution in [0.1, 0.15) is 87.2 Å². The lowest BCUT2D eigenvalue weighted by atomic mass is 9.85. The predicted octanol–water partition coefficient (Wildman–Crippen LogP) is 6.58. The summed E-state index contributed by atoms with van der Waals surface area (Å²) in [5.41, 5.74) is 3.01. The second kappa shape index (κ2) is 12.0. The van der Waals surface area contributed by atoms with Crippen LogP contribution in [0.15, 0.2) is 41.6 Å². The molecule has 1 aromatic carbocycles. The smallest absolute Gasteiger partial charge is 0.337 e. The Labute approximate surface area is 196 Å². The molecule has 1 heterocycles. The molecule has 0 aliphatic rings. The largest absolute Gasteiger partial charge is 0.465 e. The molecule has 5 nitrogen and oxygen atoms in total. The zero-order chi connectivity index (χ0) is 23.7. The van der Waals surface area contributed by atoms with Crippen LogP contribution < -0.4 is 5.32 Å². The van der Waals surface area contributed by atoms with E-state index in [0.29, 0.717) is 17.7 Å². The Hall–Kier alpha value is -2.34. The predicted molar refractivity (Wildman–Crippen MR) is 133 cm³/mol. The van der Waals surface area contributed by atoms with Gasteiger partial charge in [0.1, 0.15) is 0 Å². The summed E-state index contributed by atoms with van der Waals surface area (Å²) < 4.78 is 4.86. The van der Waals surface area contributed by atoms with Gasteiger partial charge in [-0.2, -0.15) is 0 Å². The van der Waals surface area contributed by atoms with Crippen molar-refractivity contribution in [2.75, 3.05) is 18.7 Å². The molecular weight excluding hydrogens is 420 g/mol. The molecule has 0 fully saturated rings. The molecule has 32 heavy (non-hydrogen) atoms. The lowest BCUT2D eigenvalue weighted by Gasteiger charge is -2.24. The van der Waals surface area contributed by atoms with Gasteiger partial charge in [0, 0.05) is 18.3 Å². The number of benzene rings is 1. The van der Waals surface area contributed by atoms with Crippen molar-refractivity contribution >= 4 is 29.3 Å². The van der Waals surface area contributed by atoms with E-state index >= 15 is 0 Å². The van der Waals surface area contributed by atoms with Gasteiger partial charge in [0.05, 0.1) is 17.7 Å². The minimum atomic E-state index is -0.418. The monoisotopic (exact) mass is 456 g/mol. The molecule has 174 valence electrons. The normalized spacial score (nSPS) is 12.3. The van der Waals surface area contributed by atoms with Crippen LogP contribution in [0.5, 0.6) is 0 Å². The van der Waals surface area contributed by atoms with Gasteiger partial charge in [-0.05, 0) is 53.3 Å². The summed E-state index contributed by atoms with van der Waals surface area (Å²) >= 11 is 1.61. The number of carbonyl (C=O) groups excluding carboxylic acids is 2. The fourth-order valence-electron chi connectivity index (χ4n) is 3.86. The zero-order valence-electron chi connectivity index (χ0n) is 20.2. The van der Waals surface area contributed by atoms with Gasteiger partial charge in [-0.3, -0.25) is 4.79 Å². The van der Waals surface area contributed by atoms with E-state index in [0.717, 1.165) is 41.8 Å². The van der Waals surface area contributed by atoms with Crippen molar-refractivity contribution in [1.82, 2.24) is 4.98 Å². The molecule has 0 bridgehead atoms. The zero-order valence-corrected chi connectivity index (χ0v) is 21.0. The number of methoxy groups -OCH3 is 1. The molecule has 1 atom stereocenters. The maximum absolute atomic E-state index is 13.2. The third-order valence-electron chi connectivity index (χ3n) is 5.54. The highest BCUT2D eigenvalue weighted by molar-refractivity contribution is 7.98. The molecule has 0 radical (unpaired) electrons. The number of rotatable bonds is 10. The number of hydrogen-bond donors (Lipinski definition) is 1.